The van der Waals surface area contributed by atoms with Crippen molar-refractivity contribution in [3.63, 3.8) is 0 Å². The van der Waals surface area contributed by atoms with Crippen LogP contribution in [-0.4, -0.2) is 75.9 Å². The summed E-state index contributed by atoms with van der Waals surface area (Å²) in [5, 5.41) is 7.85. The van der Waals surface area contributed by atoms with Gasteiger partial charge in [0.1, 0.15) is 23.4 Å². The molecule has 5 heterocycles. The molecule has 5 aromatic rings. The number of aromatic nitrogens is 7. The lowest BCUT2D eigenvalue weighted by atomic mass is 10.1. The third kappa shape index (κ3) is 5.84. The van der Waals surface area contributed by atoms with E-state index >= 15 is 0 Å². The zero-order chi connectivity index (χ0) is 29.2. The zero-order valence-electron chi connectivity index (χ0n) is 23.7. The van der Waals surface area contributed by atoms with Crippen LogP contribution in [0.2, 0.25) is 0 Å². The van der Waals surface area contributed by atoms with E-state index in [0.717, 1.165) is 37.3 Å². The van der Waals surface area contributed by atoms with Gasteiger partial charge in [-0.15, -0.1) is 0 Å². The molecule has 13 heteroatoms. The molecule has 1 aliphatic rings. The van der Waals surface area contributed by atoms with E-state index in [4.69, 9.17) is 4.98 Å². The van der Waals surface area contributed by atoms with Gasteiger partial charge in [0, 0.05) is 65.8 Å². The molecule has 0 bridgehead atoms. The highest BCUT2D eigenvalue weighted by Gasteiger charge is 2.21. The van der Waals surface area contributed by atoms with Gasteiger partial charge in [-0.2, -0.15) is 4.98 Å². The Hall–Kier alpha value is -4.33. The number of aryl methyl sites for hydroxylation is 1. The van der Waals surface area contributed by atoms with Crippen LogP contribution in [0.25, 0.3) is 22.4 Å². The van der Waals surface area contributed by atoms with Gasteiger partial charge in [0.15, 0.2) is 0 Å². The highest BCUT2D eigenvalue weighted by atomic mass is 32.2. The van der Waals surface area contributed by atoms with Crippen molar-refractivity contribution in [2.24, 2.45) is 7.05 Å². The summed E-state index contributed by atoms with van der Waals surface area (Å²) in [5.74, 6) is 0.861. The molecule has 1 saturated heterocycles. The first-order valence-corrected chi connectivity index (χ1v) is 15.3. The van der Waals surface area contributed by atoms with Crippen LogP contribution in [0.4, 0.5) is 17.3 Å². The molecule has 0 spiro atoms. The molecule has 0 saturated carbocycles. The van der Waals surface area contributed by atoms with E-state index in [1.807, 2.05) is 31.3 Å². The number of nitrogens with zero attached hydrogens (tertiary/aromatic N) is 8. The van der Waals surface area contributed by atoms with Crippen molar-refractivity contribution in [2.45, 2.75) is 30.5 Å². The Kier molecular flexibility index (Phi) is 7.87. The van der Waals surface area contributed by atoms with Crippen molar-refractivity contribution >= 4 is 39.5 Å². The SMILES string of the molecule is CN1CCC(Nc2ccc(Nc3ncc4cc(-c5nccn5C)c(=O)n(Cc5nccnc5[S+](C)[O-])c4n3)cc2)CC1. The van der Waals surface area contributed by atoms with Gasteiger partial charge in [-0.3, -0.25) is 14.3 Å². The summed E-state index contributed by atoms with van der Waals surface area (Å²) in [7, 11) is 3.99. The molecule has 1 aromatic carbocycles. The summed E-state index contributed by atoms with van der Waals surface area (Å²) < 4.78 is 15.7. The molecule has 216 valence electrons. The van der Waals surface area contributed by atoms with Crippen LogP contribution in [-0.2, 0) is 24.8 Å². The van der Waals surface area contributed by atoms with Gasteiger partial charge in [-0.25, -0.2) is 15.0 Å². The number of hydrogen-bond acceptors (Lipinski definition) is 10. The van der Waals surface area contributed by atoms with Gasteiger partial charge in [-0.1, -0.05) is 0 Å². The van der Waals surface area contributed by atoms with Gasteiger partial charge in [-0.05, 0) is 63.3 Å². The Morgan fingerprint density at radius 1 is 1.00 bits per heavy atom. The number of benzene rings is 1. The molecular formula is C29H32N10O2S. The van der Waals surface area contributed by atoms with Crippen molar-refractivity contribution in [1.29, 1.82) is 0 Å². The lowest BCUT2D eigenvalue weighted by Gasteiger charge is -2.30. The maximum atomic E-state index is 13.9. The average Bonchev–Trinajstić information content (AvgIpc) is 3.42. The number of nitrogens with one attached hydrogen (secondary N) is 2. The third-order valence-electron chi connectivity index (χ3n) is 7.44. The average molecular weight is 585 g/mol. The van der Waals surface area contributed by atoms with Crippen LogP contribution >= 0.6 is 0 Å². The van der Waals surface area contributed by atoms with E-state index < -0.39 is 11.2 Å². The van der Waals surface area contributed by atoms with Crippen LogP contribution in [0.5, 0.6) is 0 Å². The van der Waals surface area contributed by atoms with Crippen molar-refractivity contribution < 1.29 is 4.55 Å². The van der Waals surface area contributed by atoms with E-state index in [0.29, 0.717) is 45.1 Å². The minimum atomic E-state index is -1.39. The number of anilines is 3. The summed E-state index contributed by atoms with van der Waals surface area (Å²) in [5.41, 5.74) is 2.83. The molecule has 1 unspecified atom stereocenters. The Labute approximate surface area is 246 Å². The van der Waals surface area contributed by atoms with E-state index in [-0.39, 0.29) is 12.1 Å². The molecule has 12 nitrogen and oxygen atoms in total. The Bertz CT molecular complexity index is 1760. The summed E-state index contributed by atoms with van der Waals surface area (Å²) in [4.78, 5) is 38.5. The summed E-state index contributed by atoms with van der Waals surface area (Å²) >= 11 is -1.39. The number of hydrogen-bond donors (Lipinski definition) is 2. The lowest BCUT2D eigenvalue weighted by Crippen LogP contribution is -2.36. The maximum absolute atomic E-state index is 13.9. The second-order valence-electron chi connectivity index (χ2n) is 10.5. The van der Waals surface area contributed by atoms with E-state index in [2.05, 4.69) is 42.5 Å². The van der Waals surface area contributed by atoms with Gasteiger partial charge in [0.2, 0.25) is 5.95 Å². The largest absolute Gasteiger partial charge is 0.610 e. The van der Waals surface area contributed by atoms with Crippen LogP contribution in [0.1, 0.15) is 18.5 Å². The smallest absolute Gasteiger partial charge is 0.267 e. The first-order chi connectivity index (χ1) is 20.4. The second-order valence-corrected chi connectivity index (χ2v) is 11.8. The molecule has 1 aliphatic heterocycles. The number of fused-ring (bicyclic) bond motifs is 1. The minimum absolute atomic E-state index is 0.0319. The van der Waals surface area contributed by atoms with Gasteiger partial charge >= 0.3 is 0 Å². The molecule has 0 amide bonds. The first-order valence-electron chi connectivity index (χ1n) is 13.7. The quantitative estimate of drug-likeness (QED) is 0.261. The van der Waals surface area contributed by atoms with Crippen LogP contribution in [0.15, 0.2) is 71.1 Å². The van der Waals surface area contributed by atoms with Gasteiger partial charge in [0.05, 0.1) is 18.3 Å². The number of rotatable bonds is 8. The fraction of sp³-hybridized carbons (Fsp3) is 0.310. The van der Waals surface area contributed by atoms with Crippen molar-refractivity contribution in [1.82, 2.24) is 39.0 Å². The number of piperidine rings is 1. The van der Waals surface area contributed by atoms with Crippen LogP contribution < -0.4 is 16.2 Å². The molecule has 6 rings (SSSR count). The standard InChI is InChI=1S/C29H32N10O2S/c1-37-13-8-22(9-14-37)34-20-4-6-21(7-5-20)35-29-33-17-19-16-23(26-31-12-15-38(26)2)28(40)39(25(19)36-29)18-24-27(42(3)41)32-11-10-30-24/h4-7,10-12,15-17,22,34H,8-9,13-14,18H2,1-3H3,(H,33,35,36). The van der Waals surface area contributed by atoms with E-state index in [1.54, 1.807) is 29.2 Å². The molecule has 0 radical (unpaired) electrons. The van der Waals surface area contributed by atoms with Crippen molar-refractivity contribution in [2.75, 3.05) is 37.0 Å². The van der Waals surface area contributed by atoms with Crippen molar-refractivity contribution in [3.05, 3.63) is 77.4 Å². The normalized spacial score (nSPS) is 15.1. The second kappa shape index (κ2) is 11.9. The fourth-order valence-electron chi connectivity index (χ4n) is 5.17. The molecule has 2 N–H and O–H groups in total. The highest BCUT2D eigenvalue weighted by Crippen LogP contribution is 2.23. The predicted molar refractivity (Wildman–Crippen MR) is 163 cm³/mol. The molecule has 1 atom stereocenters. The summed E-state index contributed by atoms with van der Waals surface area (Å²) in [6.45, 7) is 2.23. The Balaban J connectivity index is 1.33. The summed E-state index contributed by atoms with van der Waals surface area (Å²) in [6, 6.07) is 10.2. The monoisotopic (exact) mass is 584 g/mol. The summed E-state index contributed by atoms with van der Waals surface area (Å²) in [6.07, 6.45) is 11.9. The first kappa shape index (κ1) is 27.8. The van der Waals surface area contributed by atoms with Gasteiger partial charge < -0.3 is 24.7 Å². The van der Waals surface area contributed by atoms with Crippen molar-refractivity contribution in [3.8, 4) is 11.4 Å². The van der Waals surface area contributed by atoms with Crippen LogP contribution in [0.3, 0.4) is 0 Å². The zero-order valence-corrected chi connectivity index (χ0v) is 24.5. The van der Waals surface area contributed by atoms with Gasteiger partial charge in [0.25, 0.3) is 10.6 Å². The predicted octanol–water partition coefficient (Wildman–Crippen LogP) is 3.02. The fourth-order valence-corrected chi connectivity index (χ4v) is 5.83. The maximum Gasteiger partial charge on any atom is 0.267 e. The third-order valence-corrected chi connectivity index (χ3v) is 8.32. The molecule has 1 fully saturated rings. The molecular weight excluding hydrogens is 552 g/mol. The van der Waals surface area contributed by atoms with Crippen LogP contribution in [0, 0.1) is 0 Å². The number of likely N-dealkylation sites (tertiary alicyclic amines) is 1. The Morgan fingerprint density at radius 2 is 1.74 bits per heavy atom. The lowest BCUT2D eigenvalue weighted by molar-refractivity contribution is 0.264. The molecule has 0 aliphatic carbocycles. The minimum Gasteiger partial charge on any atom is -0.610 e. The molecule has 42 heavy (non-hydrogen) atoms. The number of pyridine rings is 1. The molecule has 4 aromatic heterocycles. The van der Waals surface area contributed by atoms with E-state index in [1.165, 1.54) is 23.2 Å². The van der Waals surface area contributed by atoms with E-state index in [9.17, 15) is 9.35 Å². The highest BCUT2D eigenvalue weighted by molar-refractivity contribution is 7.90. The Morgan fingerprint density at radius 3 is 2.45 bits per heavy atom. The topological polar surface area (TPSA) is 142 Å². The number of imidazole rings is 1.